The molecule has 1 unspecified atom stereocenters. The highest BCUT2D eigenvalue weighted by Gasteiger charge is 2.41. The molecule has 1 aliphatic rings. The van der Waals surface area contributed by atoms with Crippen molar-refractivity contribution in [2.45, 2.75) is 20.0 Å². The highest BCUT2D eigenvalue weighted by molar-refractivity contribution is 4.88. The zero-order chi connectivity index (χ0) is 5.49. The minimum absolute atomic E-state index is 0.139. The third-order valence-electron chi connectivity index (χ3n) is 1.20. The Bertz CT molecular complexity index is 66.7. The first-order chi connectivity index (χ1) is 3.11. The van der Waals surface area contributed by atoms with E-state index >= 15 is 0 Å². The Balaban J connectivity index is 2.36. The van der Waals surface area contributed by atoms with Gasteiger partial charge in [-0.25, -0.2) is 0 Å². The van der Waals surface area contributed by atoms with Crippen molar-refractivity contribution in [2.75, 3.05) is 6.61 Å². The molecule has 0 bridgehead atoms. The fraction of sp³-hybridized carbons (Fsp3) is 0.833. The predicted molar refractivity (Wildman–Crippen MR) is 28.9 cm³/mol. The summed E-state index contributed by atoms with van der Waals surface area (Å²) in [5.41, 5.74) is 0.139. The molecule has 0 saturated carbocycles. The molecule has 1 fully saturated rings. The van der Waals surface area contributed by atoms with Crippen molar-refractivity contribution in [3.63, 3.8) is 0 Å². The van der Waals surface area contributed by atoms with E-state index in [-0.39, 0.29) is 5.41 Å². The van der Waals surface area contributed by atoms with Gasteiger partial charge in [-0.1, -0.05) is 0 Å². The van der Waals surface area contributed by atoms with Crippen LogP contribution < -0.4 is 0 Å². The van der Waals surface area contributed by atoms with Crippen LogP contribution in [0, 0.1) is 12.3 Å². The number of rotatable bonds is 1. The third kappa shape index (κ3) is 1.10. The first-order valence-corrected chi connectivity index (χ1v) is 2.57. The first-order valence-electron chi connectivity index (χ1n) is 2.57. The van der Waals surface area contributed by atoms with Crippen LogP contribution >= 0.6 is 0 Å². The number of hydrogen-bond acceptors (Lipinski definition) is 1. The van der Waals surface area contributed by atoms with E-state index in [0.717, 1.165) is 6.61 Å². The molecule has 1 aliphatic heterocycles. The van der Waals surface area contributed by atoms with Gasteiger partial charge < -0.3 is 4.74 Å². The van der Waals surface area contributed by atoms with E-state index in [2.05, 4.69) is 20.8 Å². The Kier molecular flexibility index (Phi) is 0.824. The van der Waals surface area contributed by atoms with Crippen molar-refractivity contribution >= 4 is 0 Å². The van der Waals surface area contributed by atoms with Gasteiger partial charge in [-0.05, 0) is 13.8 Å². The van der Waals surface area contributed by atoms with Gasteiger partial charge in [0.05, 0.1) is 13.5 Å². The van der Waals surface area contributed by atoms with Crippen LogP contribution in [0.25, 0.3) is 0 Å². The fourth-order valence-corrected chi connectivity index (χ4v) is 0.499. The van der Waals surface area contributed by atoms with Gasteiger partial charge >= 0.3 is 0 Å². The van der Waals surface area contributed by atoms with Crippen molar-refractivity contribution in [3.05, 3.63) is 6.92 Å². The lowest BCUT2D eigenvalue weighted by Gasteiger charge is -2.03. The van der Waals surface area contributed by atoms with E-state index < -0.39 is 0 Å². The maximum Gasteiger partial charge on any atom is 0.128 e. The molecule has 7 heavy (non-hydrogen) atoms. The molecule has 40 valence electrons. The minimum Gasteiger partial charge on any atom is -0.368 e. The van der Waals surface area contributed by atoms with Crippen LogP contribution in [0.4, 0.5) is 0 Å². The Morgan fingerprint density at radius 3 is 2.14 bits per heavy atom. The second-order valence-electron chi connectivity index (χ2n) is 2.81. The predicted octanol–water partition coefficient (Wildman–Crippen LogP) is 1.25. The van der Waals surface area contributed by atoms with Crippen molar-refractivity contribution in [1.29, 1.82) is 0 Å². The molecule has 0 radical (unpaired) electrons. The Labute approximate surface area is 44.7 Å². The van der Waals surface area contributed by atoms with Crippen LogP contribution in [-0.2, 0) is 4.74 Å². The number of epoxide rings is 1. The smallest absolute Gasteiger partial charge is 0.128 e. The summed E-state index contributed by atoms with van der Waals surface area (Å²) in [5.74, 6) is 0. The molecule has 0 aliphatic carbocycles. The van der Waals surface area contributed by atoms with E-state index in [1.807, 2.05) is 0 Å². The van der Waals surface area contributed by atoms with Gasteiger partial charge in [0.1, 0.15) is 11.5 Å². The Hall–Kier alpha value is -0.170. The lowest BCUT2D eigenvalue weighted by Crippen LogP contribution is -2.13. The average Bonchev–Trinajstić information content (AvgIpc) is 1.99. The van der Waals surface area contributed by atoms with Gasteiger partial charge in [-0.15, -0.1) is 0 Å². The van der Waals surface area contributed by atoms with Gasteiger partial charge in [-0.2, -0.15) is 0 Å². The minimum atomic E-state index is 0.139. The molecule has 0 amide bonds. The van der Waals surface area contributed by atoms with Crippen LogP contribution in [0.5, 0.6) is 0 Å². The Morgan fingerprint density at radius 1 is 1.71 bits per heavy atom. The zero-order valence-corrected chi connectivity index (χ0v) is 4.90. The molecule has 0 N–H and O–H groups in total. The van der Waals surface area contributed by atoms with Crippen LogP contribution in [-0.4, -0.2) is 12.7 Å². The van der Waals surface area contributed by atoms with Crippen molar-refractivity contribution in [3.8, 4) is 0 Å². The molecule has 0 aromatic carbocycles. The fourth-order valence-electron chi connectivity index (χ4n) is 0.499. The van der Waals surface area contributed by atoms with E-state index in [1.165, 1.54) is 0 Å². The van der Waals surface area contributed by atoms with Gasteiger partial charge in [0, 0.05) is 0 Å². The van der Waals surface area contributed by atoms with Crippen LogP contribution in [0.3, 0.4) is 0 Å². The van der Waals surface area contributed by atoms with Gasteiger partial charge in [0.15, 0.2) is 0 Å². The SMILES string of the molecule is [CH2+]C(C)(C)C1CO1. The van der Waals surface area contributed by atoms with Gasteiger partial charge in [-0.3, -0.25) is 0 Å². The summed E-state index contributed by atoms with van der Waals surface area (Å²) >= 11 is 0. The van der Waals surface area contributed by atoms with E-state index in [9.17, 15) is 0 Å². The largest absolute Gasteiger partial charge is 0.368 e. The number of hydrogen-bond donors (Lipinski definition) is 0. The molecule has 1 heterocycles. The normalized spacial score (nSPS) is 30.3. The summed E-state index contributed by atoms with van der Waals surface area (Å²) in [5, 5.41) is 0. The second-order valence-corrected chi connectivity index (χ2v) is 2.81. The monoisotopic (exact) mass is 99.1 g/mol. The molecule has 1 saturated heterocycles. The highest BCUT2D eigenvalue weighted by Crippen LogP contribution is 2.30. The van der Waals surface area contributed by atoms with Crippen LogP contribution in [0.2, 0.25) is 0 Å². The molecule has 0 aromatic heterocycles. The zero-order valence-electron chi connectivity index (χ0n) is 4.90. The molecule has 0 aromatic rings. The van der Waals surface area contributed by atoms with Crippen molar-refractivity contribution in [2.24, 2.45) is 5.41 Å². The van der Waals surface area contributed by atoms with E-state index in [1.54, 1.807) is 0 Å². The molecule has 1 rings (SSSR count). The summed E-state index contributed by atoms with van der Waals surface area (Å²) in [6.07, 6.45) is 0.437. The van der Waals surface area contributed by atoms with Crippen molar-refractivity contribution < 1.29 is 4.74 Å². The quantitative estimate of drug-likeness (QED) is 0.356. The van der Waals surface area contributed by atoms with E-state index in [0.29, 0.717) is 6.10 Å². The van der Waals surface area contributed by atoms with E-state index in [4.69, 9.17) is 4.74 Å². The van der Waals surface area contributed by atoms with Crippen LogP contribution in [0.15, 0.2) is 0 Å². The van der Waals surface area contributed by atoms with Gasteiger partial charge in [0.2, 0.25) is 0 Å². The molecule has 1 atom stereocenters. The molecule has 0 spiro atoms. The molecule has 1 nitrogen and oxygen atoms in total. The summed E-state index contributed by atoms with van der Waals surface area (Å²) in [6.45, 7) is 9.00. The standard InChI is InChI=1S/C6H11O/c1-6(2,3)5-4-7-5/h5H,1,4H2,2-3H3/q+1. The third-order valence-corrected chi connectivity index (χ3v) is 1.20. The molecule has 1 heteroatoms. The lowest BCUT2D eigenvalue weighted by molar-refractivity contribution is 0.294. The second kappa shape index (κ2) is 1.16. The molecular weight excluding hydrogens is 88.1 g/mol. The van der Waals surface area contributed by atoms with Crippen molar-refractivity contribution in [1.82, 2.24) is 0 Å². The maximum absolute atomic E-state index is 5.01. The van der Waals surface area contributed by atoms with Gasteiger partial charge in [0.25, 0.3) is 0 Å². The Morgan fingerprint density at radius 2 is 2.14 bits per heavy atom. The topological polar surface area (TPSA) is 12.5 Å². The number of ether oxygens (including phenoxy) is 1. The summed E-state index contributed by atoms with van der Waals surface area (Å²) in [4.78, 5) is 0. The lowest BCUT2D eigenvalue weighted by atomic mass is 9.93. The maximum atomic E-state index is 5.01. The first kappa shape index (κ1) is 4.98. The van der Waals surface area contributed by atoms with Crippen LogP contribution in [0.1, 0.15) is 13.8 Å². The summed E-state index contributed by atoms with van der Waals surface area (Å²) in [6, 6.07) is 0. The highest BCUT2D eigenvalue weighted by atomic mass is 16.6. The summed E-state index contributed by atoms with van der Waals surface area (Å²) < 4.78 is 5.01. The average molecular weight is 99.2 g/mol. The summed E-state index contributed by atoms with van der Waals surface area (Å²) in [7, 11) is 0. The molecular formula is C6H11O+.